The molecule has 0 aromatic heterocycles. The summed E-state index contributed by atoms with van der Waals surface area (Å²) in [6, 6.07) is 6.08. The standard InChI is InChI=1S/C12H19NO2/c1-9-3-4-10(2)12(7-9)13-11(8-15)5-6-14/h3-4,7,11,13-15H,5-6,8H2,1-2H3. The zero-order valence-corrected chi connectivity index (χ0v) is 9.33. The third kappa shape index (κ3) is 3.53. The summed E-state index contributed by atoms with van der Waals surface area (Å²) in [6.45, 7) is 4.18. The van der Waals surface area contributed by atoms with E-state index in [0.29, 0.717) is 6.42 Å². The molecule has 0 amide bonds. The Balaban J connectivity index is 2.73. The van der Waals surface area contributed by atoms with Gasteiger partial charge in [0.05, 0.1) is 12.6 Å². The molecular formula is C12H19NO2. The smallest absolute Gasteiger partial charge is 0.0633 e. The molecule has 1 aromatic carbocycles. The van der Waals surface area contributed by atoms with Crippen LogP contribution in [0, 0.1) is 13.8 Å². The van der Waals surface area contributed by atoms with Gasteiger partial charge >= 0.3 is 0 Å². The van der Waals surface area contributed by atoms with E-state index in [-0.39, 0.29) is 19.3 Å². The van der Waals surface area contributed by atoms with Gasteiger partial charge in [0.15, 0.2) is 0 Å². The molecular weight excluding hydrogens is 190 g/mol. The molecule has 0 aliphatic carbocycles. The Morgan fingerprint density at radius 2 is 2.00 bits per heavy atom. The van der Waals surface area contributed by atoms with Crippen LogP contribution in [0.15, 0.2) is 18.2 Å². The number of rotatable bonds is 5. The topological polar surface area (TPSA) is 52.5 Å². The molecule has 0 spiro atoms. The van der Waals surface area contributed by atoms with Crippen molar-refractivity contribution in [1.29, 1.82) is 0 Å². The minimum absolute atomic E-state index is 0.0357. The molecule has 0 bridgehead atoms. The summed E-state index contributed by atoms with van der Waals surface area (Å²) in [6.07, 6.45) is 0.559. The first-order valence-corrected chi connectivity index (χ1v) is 5.23. The Hall–Kier alpha value is -1.06. The zero-order valence-electron chi connectivity index (χ0n) is 9.33. The van der Waals surface area contributed by atoms with Crippen LogP contribution in [0.25, 0.3) is 0 Å². The lowest BCUT2D eigenvalue weighted by atomic mass is 10.1. The number of aliphatic hydroxyl groups is 2. The fraction of sp³-hybridized carbons (Fsp3) is 0.500. The first-order chi connectivity index (χ1) is 7.17. The molecule has 1 atom stereocenters. The molecule has 0 fully saturated rings. The maximum absolute atomic E-state index is 9.11. The van der Waals surface area contributed by atoms with Crippen LogP contribution in [-0.2, 0) is 0 Å². The highest BCUT2D eigenvalue weighted by Crippen LogP contribution is 2.17. The monoisotopic (exact) mass is 209 g/mol. The number of nitrogens with one attached hydrogen (secondary N) is 1. The van der Waals surface area contributed by atoms with Gasteiger partial charge in [-0.1, -0.05) is 12.1 Å². The molecule has 0 aliphatic rings. The maximum Gasteiger partial charge on any atom is 0.0633 e. The van der Waals surface area contributed by atoms with Crippen molar-refractivity contribution in [2.45, 2.75) is 26.3 Å². The third-order valence-electron chi connectivity index (χ3n) is 2.45. The predicted molar refractivity (Wildman–Crippen MR) is 62.1 cm³/mol. The summed E-state index contributed by atoms with van der Waals surface area (Å²) in [5.74, 6) is 0. The van der Waals surface area contributed by atoms with Gasteiger partial charge in [-0.3, -0.25) is 0 Å². The van der Waals surface area contributed by atoms with Gasteiger partial charge in [0, 0.05) is 12.3 Å². The highest BCUT2D eigenvalue weighted by Gasteiger charge is 2.07. The van der Waals surface area contributed by atoms with Crippen molar-refractivity contribution < 1.29 is 10.2 Å². The van der Waals surface area contributed by atoms with Crippen molar-refractivity contribution >= 4 is 5.69 Å². The van der Waals surface area contributed by atoms with E-state index in [1.165, 1.54) is 5.56 Å². The maximum atomic E-state index is 9.11. The van der Waals surface area contributed by atoms with Gasteiger partial charge in [0.1, 0.15) is 0 Å². The second-order valence-electron chi connectivity index (χ2n) is 3.85. The number of benzene rings is 1. The Kier molecular flexibility index (Phi) is 4.59. The molecule has 0 aliphatic heterocycles. The Morgan fingerprint density at radius 3 is 2.60 bits per heavy atom. The number of aliphatic hydroxyl groups excluding tert-OH is 2. The average Bonchev–Trinajstić information content (AvgIpc) is 2.22. The molecule has 0 radical (unpaired) electrons. The fourth-order valence-electron chi connectivity index (χ4n) is 1.48. The normalized spacial score (nSPS) is 12.5. The number of hydrogen-bond acceptors (Lipinski definition) is 3. The van der Waals surface area contributed by atoms with Gasteiger partial charge in [0.2, 0.25) is 0 Å². The highest BCUT2D eigenvalue weighted by molar-refractivity contribution is 5.53. The van der Waals surface area contributed by atoms with E-state index < -0.39 is 0 Å². The van der Waals surface area contributed by atoms with Crippen LogP contribution < -0.4 is 5.32 Å². The third-order valence-corrected chi connectivity index (χ3v) is 2.45. The van der Waals surface area contributed by atoms with Crippen molar-refractivity contribution in [3.63, 3.8) is 0 Å². The molecule has 3 heteroatoms. The van der Waals surface area contributed by atoms with Crippen LogP contribution in [0.3, 0.4) is 0 Å². The predicted octanol–water partition coefficient (Wildman–Crippen LogP) is 1.46. The zero-order chi connectivity index (χ0) is 11.3. The van der Waals surface area contributed by atoms with E-state index in [1.807, 2.05) is 19.9 Å². The molecule has 0 heterocycles. The van der Waals surface area contributed by atoms with Gasteiger partial charge in [-0.15, -0.1) is 0 Å². The van der Waals surface area contributed by atoms with Crippen molar-refractivity contribution in [2.75, 3.05) is 18.5 Å². The fourth-order valence-corrected chi connectivity index (χ4v) is 1.48. The first-order valence-electron chi connectivity index (χ1n) is 5.23. The van der Waals surface area contributed by atoms with Crippen molar-refractivity contribution in [3.8, 4) is 0 Å². The summed E-state index contributed by atoms with van der Waals surface area (Å²) in [7, 11) is 0. The molecule has 15 heavy (non-hydrogen) atoms. The number of anilines is 1. The van der Waals surface area contributed by atoms with Crippen LogP contribution >= 0.6 is 0 Å². The van der Waals surface area contributed by atoms with Crippen LogP contribution in [0.4, 0.5) is 5.69 Å². The highest BCUT2D eigenvalue weighted by atomic mass is 16.3. The lowest BCUT2D eigenvalue weighted by molar-refractivity contribution is 0.229. The first kappa shape index (κ1) is 12.0. The molecule has 1 aromatic rings. The minimum Gasteiger partial charge on any atom is -0.396 e. The van der Waals surface area contributed by atoms with Crippen molar-refractivity contribution in [3.05, 3.63) is 29.3 Å². The summed E-state index contributed by atoms with van der Waals surface area (Å²) < 4.78 is 0. The summed E-state index contributed by atoms with van der Waals surface area (Å²) in [5, 5.41) is 21.2. The SMILES string of the molecule is Cc1ccc(C)c(NC(CO)CCO)c1. The number of hydrogen-bond donors (Lipinski definition) is 3. The lowest BCUT2D eigenvalue weighted by Crippen LogP contribution is -2.25. The molecule has 0 saturated carbocycles. The van der Waals surface area contributed by atoms with E-state index in [9.17, 15) is 0 Å². The molecule has 0 saturated heterocycles. The average molecular weight is 209 g/mol. The number of aryl methyl sites for hydroxylation is 2. The van der Waals surface area contributed by atoms with Crippen LogP contribution in [0.1, 0.15) is 17.5 Å². The largest absolute Gasteiger partial charge is 0.396 e. The Labute approximate surface area is 90.8 Å². The second kappa shape index (κ2) is 5.73. The minimum atomic E-state index is -0.0736. The van der Waals surface area contributed by atoms with E-state index in [0.717, 1.165) is 11.3 Å². The van der Waals surface area contributed by atoms with Crippen molar-refractivity contribution in [2.24, 2.45) is 0 Å². The molecule has 1 rings (SSSR count). The van der Waals surface area contributed by atoms with Crippen molar-refractivity contribution in [1.82, 2.24) is 0 Å². The van der Waals surface area contributed by atoms with Gasteiger partial charge < -0.3 is 15.5 Å². The van der Waals surface area contributed by atoms with E-state index in [2.05, 4.69) is 17.4 Å². The second-order valence-corrected chi connectivity index (χ2v) is 3.85. The van der Waals surface area contributed by atoms with Crippen LogP contribution in [-0.4, -0.2) is 29.5 Å². The molecule has 3 N–H and O–H groups in total. The van der Waals surface area contributed by atoms with Gasteiger partial charge in [0.25, 0.3) is 0 Å². The van der Waals surface area contributed by atoms with Gasteiger partial charge in [-0.2, -0.15) is 0 Å². The van der Waals surface area contributed by atoms with E-state index >= 15 is 0 Å². The van der Waals surface area contributed by atoms with Crippen LogP contribution in [0.5, 0.6) is 0 Å². The molecule has 1 unspecified atom stereocenters. The summed E-state index contributed by atoms with van der Waals surface area (Å²) >= 11 is 0. The van der Waals surface area contributed by atoms with E-state index in [1.54, 1.807) is 0 Å². The van der Waals surface area contributed by atoms with Gasteiger partial charge in [-0.25, -0.2) is 0 Å². The van der Waals surface area contributed by atoms with Crippen LogP contribution in [0.2, 0.25) is 0 Å². The van der Waals surface area contributed by atoms with E-state index in [4.69, 9.17) is 10.2 Å². The van der Waals surface area contributed by atoms with Gasteiger partial charge in [-0.05, 0) is 37.5 Å². The summed E-state index contributed by atoms with van der Waals surface area (Å²) in [4.78, 5) is 0. The molecule has 84 valence electrons. The quantitative estimate of drug-likeness (QED) is 0.688. The summed E-state index contributed by atoms with van der Waals surface area (Å²) in [5.41, 5.74) is 3.36. The lowest BCUT2D eigenvalue weighted by Gasteiger charge is -2.18. The Bertz CT molecular complexity index is 312. The molecule has 3 nitrogen and oxygen atoms in total. The Morgan fingerprint density at radius 1 is 1.27 bits per heavy atom.